The highest BCUT2D eigenvalue weighted by molar-refractivity contribution is 7.99. The third-order valence-electron chi connectivity index (χ3n) is 5.11. The summed E-state index contributed by atoms with van der Waals surface area (Å²) in [5, 5.41) is 3.88. The molecule has 6 nitrogen and oxygen atoms in total. The molecule has 1 saturated heterocycles. The van der Waals surface area contributed by atoms with Gasteiger partial charge in [-0.25, -0.2) is 4.98 Å². The maximum absolute atomic E-state index is 12.6. The summed E-state index contributed by atoms with van der Waals surface area (Å²) < 4.78 is 16.9. The van der Waals surface area contributed by atoms with E-state index in [-0.39, 0.29) is 12.0 Å². The molecule has 166 valence electrons. The minimum atomic E-state index is -0.128. The largest absolute Gasteiger partial charge is 0.493 e. The molecule has 1 aromatic heterocycles. The molecule has 1 aliphatic heterocycles. The van der Waals surface area contributed by atoms with Crippen molar-refractivity contribution in [2.75, 3.05) is 20.3 Å². The molecule has 0 spiro atoms. The van der Waals surface area contributed by atoms with Crippen molar-refractivity contribution in [3.63, 3.8) is 0 Å². The summed E-state index contributed by atoms with van der Waals surface area (Å²) in [6.07, 6.45) is 4.01. The zero-order chi connectivity index (χ0) is 22.2. The van der Waals surface area contributed by atoms with Crippen molar-refractivity contribution in [1.82, 2.24) is 10.3 Å². The number of aromatic nitrogens is 1. The molecule has 7 heteroatoms. The van der Waals surface area contributed by atoms with E-state index in [0.717, 1.165) is 34.9 Å². The van der Waals surface area contributed by atoms with E-state index in [1.807, 2.05) is 60.7 Å². The number of hydrogen-bond acceptors (Lipinski definition) is 6. The SMILES string of the molecule is COc1cc(CNC(=O)c2ccc(Sc3ccccn3)cc2)ccc1OCC1CCCO1. The lowest BCUT2D eigenvalue weighted by atomic mass is 10.1. The Bertz CT molecular complexity index is 1020. The van der Waals surface area contributed by atoms with E-state index in [4.69, 9.17) is 14.2 Å². The topological polar surface area (TPSA) is 69.7 Å². The van der Waals surface area contributed by atoms with E-state index in [2.05, 4.69) is 10.3 Å². The highest BCUT2D eigenvalue weighted by atomic mass is 32.2. The Hall–Kier alpha value is -3.03. The van der Waals surface area contributed by atoms with Crippen LogP contribution in [0.1, 0.15) is 28.8 Å². The van der Waals surface area contributed by atoms with E-state index in [0.29, 0.717) is 30.2 Å². The number of methoxy groups -OCH3 is 1. The molecule has 4 rings (SSSR count). The van der Waals surface area contributed by atoms with Crippen molar-refractivity contribution < 1.29 is 19.0 Å². The lowest BCUT2D eigenvalue weighted by Crippen LogP contribution is -2.22. The van der Waals surface area contributed by atoms with Crippen molar-refractivity contribution >= 4 is 17.7 Å². The van der Waals surface area contributed by atoms with Gasteiger partial charge in [-0.1, -0.05) is 23.9 Å². The fourth-order valence-corrected chi connectivity index (χ4v) is 4.16. The van der Waals surface area contributed by atoms with Crippen LogP contribution >= 0.6 is 11.8 Å². The summed E-state index contributed by atoms with van der Waals surface area (Å²) in [7, 11) is 1.61. The molecule has 3 aromatic rings. The molecule has 1 amide bonds. The molecule has 1 fully saturated rings. The highest BCUT2D eigenvalue weighted by Gasteiger charge is 2.17. The summed E-state index contributed by atoms with van der Waals surface area (Å²) in [6.45, 7) is 1.71. The number of rotatable bonds is 9. The Morgan fingerprint density at radius 2 is 2.03 bits per heavy atom. The van der Waals surface area contributed by atoms with Crippen molar-refractivity contribution in [3.05, 3.63) is 78.0 Å². The van der Waals surface area contributed by atoms with Gasteiger partial charge in [0.2, 0.25) is 0 Å². The van der Waals surface area contributed by atoms with Crippen molar-refractivity contribution in [2.24, 2.45) is 0 Å². The van der Waals surface area contributed by atoms with E-state index < -0.39 is 0 Å². The smallest absolute Gasteiger partial charge is 0.251 e. The maximum atomic E-state index is 12.6. The quantitative estimate of drug-likeness (QED) is 0.508. The zero-order valence-electron chi connectivity index (χ0n) is 18.0. The van der Waals surface area contributed by atoms with Crippen LogP contribution in [0.25, 0.3) is 0 Å². The minimum absolute atomic E-state index is 0.128. The molecular weight excluding hydrogens is 424 g/mol. The van der Waals surface area contributed by atoms with Crippen LogP contribution in [0.2, 0.25) is 0 Å². The molecule has 1 unspecified atom stereocenters. The second-order valence-corrected chi connectivity index (χ2v) is 8.50. The van der Waals surface area contributed by atoms with Crippen molar-refractivity contribution in [2.45, 2.75) is 35.4 Å². The average Bonchev–Trinajstić information content (AvgIpc) is 3.36. The van der Waals surface area contributed by atoms with Gasteiger partial charge in [0.25, 0.3) is 5.91 Å². The molecule has 1 atom stereocenters. The maximum Gasteiger partial charge on any atom is 0.251 e. The van der Waals surface area contributed by atoms with Gasteiger partial charge in [-0.05, 0) is 66.9 Å². The minimum Gasteiger partial charge on any atom is -0.493 e. The number of pyridine rings is 1. The Kier molecular flexibility index (Phi) is 7.64. The van der Waals surface area contributed by atoms with Crippen LogP contribution in [0, 0.1) is 0 Å². The van der Waals surface area contributed by atoms with Crippen molar-refractivity contribution in [3.8, 4) is 11.5 Å². The van der Waals surface area contributed by atoms with Gasteiger partial charge in [0.05, 0.1) is 13.2 Å². The first-order valence-electron chi connectivity index (χ1n) is 10.6. The molecule has 0 saturated carbocycles. The van der Waals surface area contributed by atoms with Gasteiger partial charge in [-0.2, -0.15) is 0 Å². The van der Waals surface area contributed by atoms with E-state index in [1.54, 1.807) is 25.1 Å². The molecule has 0 aliphatic carbocycles. The molecule has 0 radical (unpaired) electrons. The fourth-order valence-electron chi connectivity index (χ4n) is 3.39. The summed E-state index contributed by atoms with van der Waals surface area (Å²) in [4.78, 5) is 17.9. The average molecular weight is 451 g/mol. The molecule has 0 bridgehead atoms. The first-order valence-corrected chi connectivity index (χ1v) is 11.4. The number of nitrogens with zero attached hydrogens (tertiary/aromatic N) is 1. The summed E-state index contributed by atoms with van der Waals surface area (Å²) in [5.74, 6) is 1.20. The van der Waals surface area contributed by atoms with Gasteiger partial charge in [0, 0.05) is 29.8 Å². The van der Waals surface area contributed by atoms with Gasteiger partial charge in [0.1, 0.15) is 11.6 Å². The zero-order valence-corrected chi connectivity index (χ0v) is 18.8. The summed E-state index contributed by atoms with van der Waals surface area (Å²) in [5.41, 5.74) is 1.54. The van der Waals surface area contributed by atoms with Gasteiger partial charge in [-0.15, -0.1) is 0 Å². The van der Waals surface area contributed by atoms with Crippen LogP contribution < -0.4 is 14.8 Å². The van der Waals surface area contributed by atoms with Crippen molar-refractivity contribution in [1.29, 1.82) is 0 Å². The molecular formula is C25H26N2O4S. The van der Waals surface area contributed by atoms with Crippen LogP contribution in [-0.2, 0) is 11.3 Å². The number of ether oxygens (including phenoxy) is 3. The second kappa shape index (κ2) is 11.0. The molecule has 1 N–H and O–H groups in total. The third kappa shape index (κ3) is 6.02. The van der Waals surface area contributed by atoms with Gasteiger partial charge in [-0.3, -0.25) is 4.79 Å². The predicted molar refractivity (Wildman–Crippen MR) is 123 cm³/mol. The fraction of sp³-hybridized carbons (Fsp3) is 0.280. The summed E-state index contributed by atoms with van der Waals surface area (Å²) >= 11 is 1.56. The molecule has 2 aromatic carbocycles. The summed E-state index contributed by atoms with van der Waals surface area (Å²) in [6, 6.07) is 19.0. The van der Waals surface area contributed by atoms with Crippen LogP contribution in [-0.4, -0.2) is 37.3 Å². The van der Waals surface area contributed by atoms with E-state index in [9.17, 15) is 4.79 Å². The standard InChI is InChI=1S/C25H26N2O4S/c1-29-23-15-18(7-12-22(23)31-17-20-5-4-14-30-20)16-27-25(28)19-8-10-21(11-9-19)32-24-6-2-3-13-26-24/h2-3,6-13,15,20H,4-5,14,16-17H2,1H3,(H,27,28). The van der Waals surface area contributed by atoms with Gasteiger partial charge in [0.15, 0.2) is 11.5 Å². The molecule has 1 aliphatic rings. The Balaban J connectivity index is 1.30. The van der Waals surface area contributed by atoms with Gasteiger partial charge < -0.3 is 19.5 Å². The number of amides is 1. The van der Waals surface area contributed by atoms with Crippen LogP contribution in [0.4, 0.5) is 0 Å². The number of carbonyl (C=O) groups is 1. The predicted octanol–water partition coefficient (Wildman–Crippen LogP) is 4.73. The lowest BCUT2D eigenvalue weighted by molar-refractivity contribution is 0.0669. The monoisotopic (exact) mass is 450 g/mol. The molecule has 32 heavy (non-hydrogen) atoms. The number of benzene rings is 2. The second-order valence-electron chi connectivity index (χ2n) is 7.41. The molecule has 2 heterocycles. The van der Waals surface area contributed by atoms with Crippen LogP contribution in [0.5, 0.6) is 11.5 Å². The van der Waals surface area contributed by atoms with Crippen LogP contribution in [0.3, 0.4) is 0 Å². The Morgan fingerprint density at radius 3 is 2.75 bits per heavy atom. The lowest BCUT2D eigenvalue weighted by Gasteiger charge is -2.15. The number of nitrogens with one attached hydrogen (secondary N) is 1. The Morgan fingerprint density at radius 1 is 1.16 bits per heavy atom. The normalized spacial score (nSPS) is 15.3. The van der Waals surface area contributed by atoms with Gasteiger partial charge >= 0.3 is 0 Å². The third-order valence-corrected chi connectivity index (χ3v) is 6.07. The van der Waals surface area contributed by atoms with E-state index >= 15 is 0 Å². The number of hydrogen-bond donors (Lipinski definition) is 1. The van der Waals surface area contributed by atoms with E-state index in [1.165, 1.54) is 0 Å². The first kappa shape index (κ1) is 22.2. The van der Waals surface area contributed by atoms with Crippen LogP contribution in [0.15, 0.2) is 76.8 Å². The number of carbonyl (C=O) groups excluding carboxylic acids is 1. The first-order chi connectivity index (χ1) is 15.7. The Labute approximate surface area is 192 Å². The highest BCUT2D eigenvalue weighted by Crippen LogP contribution is 2.29.